The van der Waals surface area contributed by atoms with Crippen molar-refractivity contribution < 1.29 is 45.6 Å². The van der Waals surface area contributed by atoms with E-state index in [0.717, 1.165) is 10.8 Å². The van der Waals surface area contributed by atoms with Gasteiger partial charge in [-0.15, -0.1) is 0 Å². The minimum absolute atomic E-state index is 0.258. The summed E-state index contributed by atoms with van der Waals surface area (Å²) in [7, 11) is 0. The summed E-state index contributed by atoms with van der Waals surface area (Å²) in [5, 5.41) is 80.8. The van der Waals surface area contributed by atoms with Gasteiger partial charge in [-0.1, -0.05) is 35.8 Å². The number of aliphatic hydroxyl groups is 8. The molecule has 36 heavy (non-hydrogen) atoms. The molecular formula is C27H30O9. The van der Waals surface area contributed by atoms with Crippen LogP contribution in [0.4, 0.5) is 0 Å². The van der Waals surface area contributed by atoms with Crippen LogP contribution in [0.15, 0.2) is 36.4 Å². The molecule has 1 heterocycles. The first-order valence-electron chi connectivity index (χ1n) is 11.8. The molecule has 1 aliphatic heterocycles. The third-order valence-corrected chi connectivity index (χ3v) is 6.88. The van der Waals surface area contributed by atoms with Gasteiger partial charge in [0.05, 0.1) is 18.8 Å². The van der Waals surface area contributed by atoms with Gasteiger partial charge in [-0.05, 0) is 41.5 Å². The number of fused-ring (bicyclic) bond motifs is 1. The van der Waals surface area contributed by atoms with Crippen molar-refractivity contribution in [2.24, 2.45) is 11.8 Å². The van der Waals surface area contributed by atoms with Crippen molar-refractivity contribution in [3.05, 3.63) is 47.5 Å². The maximum atomic E-state index is 10.3. The van der Waals surface area contributed by atoms with E-state index in [9.17, 15) is 40.9 Å². The molecule has 1 aliphatic carbocycles. The van der Waals surface area contributed by atoms with Gasteiger partial charge in [-0.25, -0.2) is 0 Å². The lowest BCUT2D eigenvalue weighted by molar-refractivity contribution is -0.214. The van der Waals surface area contributed by atoms with E-state index in [-0.39, 0.29) is 13.0 Å². The number of ether oxygens (including phenoxy) is 1. The lowest BCUT2D eigenvalue weighted by Gasteiger charge is -2.37. The van der Waals surface area contributed by atoms with Crippen molar-refractivity contribution in [3.63, 3.8) is 0 Å². The maximum absolute atomic E-state index is 10.3. The highest BCUT2D eigenvalue weighted by Gasteiger charge is 2.43. The Morgan fingerprint density at radius 3 is 1.89 bits per heavy atom. The van der Waals surface area contributed by atoms with Gasteiger partial charge >= 0.3 is 0 Å². The van der Waals surface area contributed by atoms with Gasteiger partial charge in [0.15, 0.2) is 0 Å². The fourth-order valence-electron chi connectivity index (χ4n) is 4.60. The topological polar surface area (TPSA) is 171 Å². The summed E-state index contributed by atoms with van der Waals surface area (Å²) in [4.78, 5) is 0. The highest BCUT2D eigenvalue weighted by Crippen LogP contribution is 2.30. The minimum Gasteiger partial charge on any atom is -0.396 e. The molecule has 9 heteroatoms. The molecule has 1 saturated carbocycles. The second kappa shape index (κ2) is 11.2. The molecule has 4 rings (SSSR count). The largest absolute Gasteiger partial charge is 0.396 e. The van der Waals surface area contributed by atoms with E-state index in [0.29, 0.717) is 11.1 Å². The van der Waals surface area contributed by atoms with Crippen LogP contribution in [0.25, 0.3) is 10.8 Å². The van der Waals surface area contributed by atoms with Crippen molar-refractivity contribution in [2.75, 3.05) is 13.2 Å². The zero-order valence-corrected chi connectivity index (χ0v) is 19.3. The minimum atomic E-state index is -1.49. The number of aliphatic hydroxyl groups excluding tert-OH is 8. The van der Waals surface area contributed by atoms with Crippen LogP contribution >= 0.6 is 0 Å². The Labute approximate surface area is 208 Å². The Kier molecular flexibility index (Phi) is 8.28. The first-order chi connectivity index (χ1) is 17.2. The zero-order chi connectivity index (χ0) is 26.0. The summed E-state index contributed by atoms with van der Waals surface area (Å²) in [5.41, 5.74) is 1.27. The first-order valence-corrected chi connectivity index (χ1v) is 11.8. The van der Waals surface area contributed by atoms with Crippen molar-refractivity contribution in [1.82, 2.24) is 0 Å². The van der Waals surface area contributed by atoms with Crippen LogP contribution in [0.2, 0.25) is 0 Å². The lowest BCUT2D eigenvalue weighted by Crippen LogP contribution is -2.58. The normalized spacial score (nSPS) is 36.4. The van der Waals surface area contributed by atoms with E-state index in [4.69, 9.17) is 4.74 Å². The van der Waals surface area contributed by atoms with Gasteiger partial charge in [-0.2, -0.15) is 0 Å². The van der Waals surface area contributed by atoms with Crippen molar-refractivity contribution in [1.29, 1.82) is 0 Å². The molecule has 0 unspecified atom stereocenters. The predicted molar refractivity (Wildman–Crippen MR) is 128 cm³/mol. The Morgan fingerprint density at radius 2 is 1.28 bits per heavy atom. The SMILES string of the molecule is OC[C@H]1C[C@H](C#Cc2ccc3ccc(C#C[C@H]4O[C@H](CO)[C@@H](O)[C@H](O)[C@@H]4O)cc3c2)[C@@H](O)[C@H](O)[C@@H]1O. The highest BCUT2D eigenvalue weighted by molar-refractivity contribution is 5.85. The Balaban J connectivity index is 1.54. The van der Waals surface area contributed by atoms with E-state index in [2.05, 4.69) is 23.7 Å². The van der Waals surface area contributed by atoms with E-state index in [1.165, 1.54) is 0 Å². The molecule has 8 N–H and O–H groups in total. The molecule has 9 nitrogen and oxygen atoms in total. The van der Waals surface area contributed by atoms with Crippen molar-refractivity contribution in [3.8, 4) is 23.7 Å². The van der Waals surface area contributed by atoms with E-state index < -0.39 is 67.3 Å². The van der Waals surface area contributed by atoms with Crippen LogP contribution in [-0.2, 0) is 4.74 Å². The first kappa shape index (κ1) is 26.5. The quantitative estimate of drug-likeness (QED) is 0.220. The standard InChI is InChI=1S/C27H30O9/c28-12-19-11-17(22(30)26(34)23(19)31)7-3-14-1-5-16-6-2-15(10-18(16)9-14)4-8-20-24(32)27(35)25(33)21(13-29)36-20/h1-2,5-6,9-10,17,19-35H,11-13H2/t17-,19+,20+,21+,22+,23+,24+,25+,26-,27+/m0/s1. The third-order valence-electron chi connectivity index (χ3n) is 6.88. The average molecular weight is 499 g/mol. The fourth-order valence-corrected chi connectivity index (χ4v) is 4.60. The summed E-state index contributed by atoms with van der Waals surface area (Å²) in [6.45, 7) is -0.840. The molecule has 0 spiro atoms. The van der Waals surface area contributed by atoms with Gasteiger partial charge in [-0.3, -0.25) is 0 Å². The molecule has 2 fully saturated rings. The van der Waals surface area contributed by atoms with Crippen LogP contribution < -0.4 is 0 Å². The Hall–Kier alpha value is -2.54. The molecule has 0 amide bonds. The van der Waals surface area contributed by atoms with Crippen LogP contribution in [-0.4, -0.2) is 103 Å². The molecule has 10 atom stereocenters. The van der Waals surface area contributed by atoms with Crippen molar-refractivity contribution in [2.45, 2.75) is 55.3 Å². The summed E-state index contributed by atoms with van der Waals surface area (Å²) in [5.74, 6) is 10.4. The number of rotatable bonds is 2. The van der Waals surface area contributed by atoms with Crippen LogP contribution in [0, 0.1) is 35.5 Å². The summed E-state index contributed by atoms with van der Waals surface area (Å²) < 4.78 is 5.42. The third kappa shape index (κ3) is 5.41. The zero-order valence-electron chi connectivity index (χ0n) is 19.3. The Morgan fingerprint density at radius 1 is 0.667 bits per heavy atom. The fraction of sp³-hybridized carbons (Fsp3) is 0.481. The van der Waals surface area contributed by atoms with Crippen LogP contribution in [0.1, 0.15) is 17.5 Å². The molecule has 1 saturated heterocycles. The van der Waals surface area contributed by atoms with E-state index in [1.54, 1.807) is 6.07 Å². The highest BCUT2D eigenvalue weighted by atomic mass is 16.5. The number of hydrogen-bond acceptors (Lipinski definition) is 9. The number of hydrogen-bond donors (Lipinski definition) is 8. The van der Waals surface area contributed by atoms with Gasteiger partial charge in [0.2, 0.25) is 0 Å². The molecule has 0 bridgehead atoms. The summed E-state index contributed by atoms with van der Waals surface area (Å²) >= 11 is 0. The van der Waals surface area contributed by atoms with Crippen LogP contribution in [0.3, 0.4) is 0 Å². The maximum Gasteiger partial charge on any atom is 0.147 e. The molecule has 2 aromatic carbocycles. The molecule has 192 valence electrons. The van der Waals surface area contributed by atoms with Crippen molar-refractivity contribution >= 4 is 10.8 Å². The Bertz CT molecular complexity index is 1100. The molecule has 0 radical (unpaired) electrons. The predicted octanol–water partition coefficient (Wildman–Crippen LogP) is -1.90. The molecule has 2 aliphatic rings. The van der Waals surface area contributed by atoms with Gasteiger partial charge in [0, 0.05) is 29.6 Å². The molecule has 2 aromatic rings. The van der Waals surface area contributed by atoms with Crippen LogP contribution in [0.5, 0.6) is 0 Å². The van der Waals surface area contributed by atoms with E-state index in [1.807, 2.05) is 30.3 Å². The summed E-state index contributed by atoms with van der Waals surface area (Å²) in [6.07, 6.45) is -10.0. The molecule has 0 aromatic heterocycles. The van der Waals surface area contributed by atoms with Gasteiger partial charge in [0.1, 0.15) is 36.6 Å². The smallest absolute Gasteiger partial charge is 0.147 e. The second-order valence-corrected chi connectivity index (χ2v) is 9.32. The average Bonchev–Trinajstić information content (AvgIpc) is 2.89. The van der Waals surface area contributed by atoms with Gasteiger partial charge in [0.25, 0.3) is 0 Å². The van der Waals surface area contributed by atoms with E-state index >= 15 is 0 Å². The molecular weight excluding hydrogens is 468 g/mol. The lowest BCUT2D eigenvalue weighted by atomic mass is 9.76. The summed E-state index contributed by atoms with van der Waals surface area (Å²) in [6, 6.07) is 11.0. The van der Waals surface area contributed by atoms with Gasteiger partial charge < -0.3 is 45.6 Å². The monoisotopic (exact) mass is 498 g/mol. The number of benzene rings is 2. The second-order valence-electron chi connectivity index (χ2n) is 9.32.